The zero-order valence-electron chi connectivity index (χ0n) is 11.8. The highest BCUT2D eigenvalue weighted by Crippen LogP contribution is 2.29. The van der Waals surface area contributed by atoms with E-state index in [2.05, 4.69) is 11.8 Å². The Balaban J connectivity index is 1.83. The third kappa shape index (κ3) is 2.24. The second-order valence-corrected chi connectivity index (χ2v) is 5.71. The van der Waals surface area contributed by atoms with Gasteiger partial charge in [0.2, 0.25) is 5.91 Å². The van der Waals surface area contributed by atoms with Crippen LogP contribution in [0.3, 0.4) is 0 Å². The van der Waals surface area contributed by atoms with Gasteiger partial charge in [0.25, 0.3) is 5.91 Å². The van der Waals surface area contributed by atoms with E-state index < -0.39 is 0 Å². The van der Waals surface area contributed by atoms with Crippen molar-refractivity contribution in [1.82, 2.24) is 4.90 Å². The molecule has 0 aliphatic carbocycles. The van der Waals surface area contributed by atoms with Crippen LogP contribution in [0.15, 0.2) is 30.3 Å². The van der Waals surface area contributed by atoms with Crippen LogP contribution in [0.5, 0.6) is 0 Å². The van der Waals surface area contributed by atoms with E-state index in [1.807, 2.05) is 30.3 Å². The van der Waals surface area contributed by atoms with Crippen molar-refractivity contribution in [2.45, 2.75) is 44.7 Å². The highest BCUT2D eigenvalue weighted by molar-refractivity contribution is 6.22. The molecular weight excluding hydrogens is 252 g/mol. The average molecular weight is 272 g/mol. The smallest absolute Gasteiger partial charge is 0.251 e. The molecule has 2 amide bonds. The van der Waals surface area contributed by atoms with Crippen LogP contribution in [0, 0.1) is 0 Å². The van der Waals surface area contributed by atoms with Crippen LogP contribution in [0.4, 0.5) is 5.69 Å². The van der Waals surface area contributed by atoms with Crippen molar-refractivity contribution in [2.24, 2.45) is 0 Å². The molecule has 2 fully saturated rings. The highest BCUT2D eigenvalue weighted by atomic mass is 16.2. The summed E-state index contributed by atoms with van der Waals surface area (Å²) in [7, 11) is 0. The molecule has 0 saturated carbocycles. The molecule has 20 heavy (non-hydrogen) atoms. The molecule has 2 saturated heterocycles. The maximum atomic E-state index is 12.6. The largest absolute Gasteiger partial charge is 0.289 e. The van der Waals surface area contributed by atoms with Crippen LogP contribution in [0.2, 0.25) is 0 Å². The predicted octanol–water partition coefficient (Wildman–Crippen LogP) is 2.19. The average Bonchev–Trinajstić information content (AvgIpc) is 2.75. The molecular formula is C16H20N2O2. The first-order valence-electron chi connectivity index (χ1n) is 7.36. The fourth-order valence-corrected chi connectivity index (χ4v) is 3.31. The van der Waals surface area contributed by atoms with Crippen molar-refractivity contribution >= 4 is 17.5 Å². The number of likely N-dealkylation sites (tertiary alicyclic amines) is 1. The molecule has 0 radical (unpaired) electrons. The molecule has 0 spiro atoms. The van der Waals surface area contributed by atoms with Crippen LogP contribution in [0.1, 0.15) is 32.6 Å². The topological polar surface area (TPSA) is 40.6 Å². The summed E-state index contributed by atoms with van der Waals surface area (Å²) >= 11 is 0. The first kappa shape index (κ1) is 13.3. The van der Waals surface area contributed by atoms with Crippen molar-refractivity contribution in [3.8, 4) is 0 Å². The Hall–Kier alpha value is -1.68. The molecule has 2 unspecified atom stereocenters. The number of para-hydroxylation sites is 1. The standard InChI is InChI=1S/C16H20N2O2/c1-12-7-5-6-10-17(12)14-11-15(19)18(16(14)20)13-8-3-2-4-9-13/h2-4,8-9,12,14H,5-7,10-11H2,1H3. The molecule has 1 aromatic rings. The Bertz CT molecular complexity index is 514. The Morgan fingerprint density at radius 3 is 2.55 bits per heavy atom. The van der Waals surface area contributed by atoms with Gasteiger partial charge in [-0.05, 0) is 38.4 Å². The molecule has 0 N–H and O–H groups in total. The van der Waals surface area contributed by atoms with Crippen molar-refractivity contribution in [3.63, 3.8) is 0 Å². The van der Waals surface area contributed by atoms with E-state index >= 15 is 0 Å². The van der Waals surface area contributed by atoms with Crippen molar-refractivity contribution in [1.29, 1.82) is 0 Å². The summed E-state index contributed by atoms with van der Waals surface area (Å²) in [5.74, 6) is -0.140. The van der Waals surface area contributed by atoms with Crippen LogP contribution in [0.25, 0.3) is 0 Å². The summed E-state index contributed by atoms with van der Waals surface area (Å²) in [6, 6.07) is 9.35. The van der Waals surface area contributed by atoms with Gasteiger partial charge in [0.1, 0.15) is 0 Å². The molecule has 2 heterocycles. The van der Waals surface area contributed by atoms with E-state index in [0.29, 0.717) is 18.2 Å². The zero-order chi connectivity index (χ0) is 14.1. The third-order valence-corrected chi connectivity index (χ3v) is 4.39. The molecule has 2 atom stereocenters. The van der Waals surface area contributed by atoms with Crippen LogP contribution >= 0.6 is 0 Å². The van der Waals surface area contributed by atoms with E-state index in [1.54, 1.807) is 0 Å². The lowest BCUT2D eigenvalue weighted by Crippen LogP contribution is -2.48. The number of hydrogen-bond acceptors (Lipinski definition) is 3. The number of carbonyl (C=O) groups excluding carboxylic acids is 2. The van der Waals surface area contributed by atoms with Crippen LogP contribution < -0.4 is 4.90 Å². The molecule has 0 aromatic heterocycles. The van der Waals surface area contributed by atoms with Crippen molar-refractivity contribution in [3.05, 3.63) is 30.3 Å². The highest BCUT2D eigenvalue weighted by Gasteiger charge is 2.44. The van der Waals surface area contributed by atoms with Gasteiger partial charge in [0.05, 0.1) is 18.2 Å². The summed E-state index contributed by atoms with van der Waals surface area (Å²) in [5.41, 5.74) is 0.690. The van der Waals surface area contributed by atoms with Crippen LogP contribution in [-0.2, 0) is 9.59 Å². The van der Waals surface area contributed by atoms with E-state index in [0.717, 1.165) is 19.4 Å². The number of nitrogens with zero attached hydrogens (tertiary/aromatic N) is 2. The summed E-state index contributed by atoms with van der Waals surface area (Å²) in [4.78, 5) is 28.4. The molecule has 4 heteroatoms. The fourth-order valence-electron chi connectivity index (χ4n) is 3.31. The lowest BCUT2D eigenvalue weighted by Gasteiger charge is -2.36. The van der Waals surface area contributed by atoms with Gasteiger partial charge in [-0.3, -0.25) is 14.5 Å². The number of carbonyl (C=O) groups is 2. The van der Waals surface area contributed by atoms with Gasteiger partial charge in [0, 0.05) is 6.04 Å². The Kier molecular flexibility index (Phi) is 3.57. The SMILES string of the molecule is CC1CCCCN1C1CC(=O)N(c2ccccc2)C1=O. The first-order chi connectivity index (χ1) is 9.68. The maximum Gasteiger partial charge on any atom is 0.251 e. The minimum absolute atomic E-state index is 0.0602. The summed E-state index contributed by atoms with van der Waals surface area (Å²) in [5, 5.41) is 0. The summed E-state index contributed by atoms with van der Waals surface area (Å²) in [6.07, 6.45) is 3.77. The zero-order valence-corrected chi connectivity index (χ0v) is 11.8. The number of hydrogen-bond donors (Lipinski definition) is 0. The number of amides is 2. The third-order valence-electron chi connectivity index (χ3n) is 4.39. The second kappa shape index (κ2) is 5.37. The molecule has 106 valence electrons. The van der Waals surface area contributed by atoms with Gasteiger partial charge < -0.3 is 0 Å². The lowest BCUT2D eigenvalue weighted by atomic mass is 10.0. The van der Waals surface area contributed by atoms with Crippen molar-refractivity contribution in [2.75, 3.05) is 11.4 Å². The van der Waals surface area contributed by atoms with Crippen LogP contribution in [-0.4, -0.2) is 35.3 Å². The Labute approximate surface area is 119 Å². The Morgan fingerprint density at radius 1 is 1.10 bits per heavy atom. The number of benzene rings is 1. The summed E-state index contributed by atoms with van der Waals surface area (Å²) in [6.45, 7) is 3.08. The predicted molar refractivity (Wildman–Crippen MR) is 77.4 cm³/mol. The minimum atomic E-state index is -0.266. The van der Waals surface area contributed by atoms with E-state index in [9.17, 15) is 9.59 Å². The van der Waals surface area contributed by atoms with Gasteiger partial charge in [-0.25, -0.2) is 4.90 Å². The lowest BCUT2D eigenvalue weighted by molar-refractivity contribution is -0.123. The normalized spacial score (nSPS) is 28.1. The van der Waals surface area contributed by atoms with E-state index in [4.69, 9.17) is 0 Å². The quantitative estimate of drug-likeness (QED) is 0.775. The molecule has 2 aliphatic heterocycles. The maximum absolute atomic E-state index is 12.6. The number of anilines is 1. The monoisotopic (exact) mass is 272 g/mol. The molecule has 4 nitrogen and oxygen atoms in total. The van der Waals surface area contributed by atoms with Crippen molar-refractivity contribution < 1.29 is 9.59 Å². The molecule has 3 rings (SSSR count). The number of rotatable bonds is 2. The molecule has 1 aromatic carbocycles. The van der Waals surface area contributed by atoms with Gasteiger partial charge >= 0.3 is 0 Å². The summed E-state index contributed by atoms with van der Waals surface area (Å²) < 4.78 is 0. The van der Waals surface area contributed by atoms with Gasteiger partial charge in [-0.2, -0.15) is 0 Å². The number of imide groups is 1. The van der Waals surface area contributed by atoms with Gasteiger partial charge in [-0.1, -0.05) is 24.6 Å². The fraction of sp³-hybridized carbons (Fsp3) is 0.500. The molecule has 2 aliphatic rings. The second-order valence-electron chi connectivity index (χ2n) is 5.71. The number of piperidine rings is 1. The Morgan fingerprint density at radius 2 is 1.85 bits per heavy atom. The minimum Gasteiger partial charge on any atom is -0.289 e. The van der Waals surface area contributed by atoms with E-state index in [1.165, 1.54) is 11.3 Å². The van der Waals surface area contributed by atoms with Gasteiger partial charge in [-0.15, -0.1) is 0 Å². The van der Waals surface area contributed by atoms with Gasteiger partial charge in [0.15, 0.2) is 0 Å². The van der Waals surface area contributed by atoms with E-state index in [-0.39, 0.29) is 17.9 Å². The molecule has 0 bridgehead atoms. The first-order valence-corrected chi connectivity index (χ1v) is 7.36.